The Kier molecular flexibility index (Phi) is 4.89. The largest absolute Gasteiger partial charge is 0.478 e. The van der Waals surface area contributed by atoms with Crippen LogP contribution >= 0.6 is 11.3 Å². The van der Waals surface area contributed by atoms with E-state index in [1.165, 1.54) is 11.3 Å². The van der Waals surface area contributed by atoms with Crippen LogP contribution in [0.2, 0.25) is 0 Å². The molecule has 0 atom stereocenters. The van der Waals surface area contributed by atoms with Crippen LogP contribution in [0.3, 0.4) is 0 Å². The molecule has 1 aromatic carbocycles. The van der Waals surface area contributed by atoms with Gasteiger partial charge < -0.3 is 20.1 Å². The van der Waals surface area contributed by atoms with Gasteiger partial charge in [0, 0.05) is 29.2 Å². The molecule has 0 unspecified atom stereocenters. The van der Waals surface area contributed by atoms with E-state index in [1.54, 1.807) is 12.1 Å². The second-order valence-corrected chi connectivity index (χ2v) is 9.00. The third-order valence-electron chi connectivity index (χ3n) is 5.58. The molecular formula is C21H24N2O4S. The first-order valence-electron chi connectivity index (χ1n) is 9.50. The first-order chi connectivity index (χ1) is 13.4. The lowest BCUT2D eigenvalue weighted by Crippen LogP contribution is -2.36. The Balaban J connectivity index is 1.55. The van der Waals surface area contributed by atoms with Gasteiger partial charge in [-0.1, -0.05) is 13.8 Å². The molecule has 1 aromatic heterocycles. The van der Waals surface area contributed by atoms with Crippen molar-refractivity contribution in [1.29, 1.82) is 0 Å². The highest BCUT2D eigenvalue weighted by Crippen LogP contribution is 2.48. The summed E-state index contributed by atoms with van der Waals surface area (Å²) < 4.78 is 5.37. The minimum absolute atomic E-state index is 0.178. The molecule has 2 heterocycles. The molecule has 2 aliphatic rings. The fourth-order valence-electron chi connectivity index (χ4n) is 4.03. The van der Waals surface area contributed by atoms with E-state index in [9.17, 15) is 14.7 Å². The average Bonchev–Trinajstić information content (AvgIpc) is 3.19. The number of carbonyl (C=O) groups is 2. The number of aryl methyl sites for hydroxylation is 1. The summed E-state index contributed by atoms with van der Waals surface area (Å²) in [5, 5.41) is 13.0. The number of morpholine rings is 1. The molecule has 0 radical (unpaired) electrons. The van der Waals surface area contributed by atoms with Crippen LogP contribution in [-0.2, 0) is 16.6 Å². The van der Waals surface area contributed by atoms with Crippen molar-refractivity contribution in [2.24, 2.45) is 0 Å². The maximum Gasteiger partial charge on any atom is 0.339 e. The number of carbonyl (C=O) groups excluding carboxylic acids is 1. The number of carboxylic acids is 1. The number of amides is 1. The summed E-state index contributed by atoms with van der Waals surface area (Å²) in [6.07, 6.45) is 1.79. The van der Waals surface area contributed by atoms with Crippen molar-refractivity contribution >= 4 is 33.9 Å². The average molecular weight is 401 g/mol. The molecule has 7 heteroatoms. The van der Waals surface area contributed by atoms with Gasteiger partial charge in [0.25, 0.3) is 5.91 Å². The Morgan fingerprint density at radius 2 is 1.86 bits per heavy atom. The van der Waals surface area contributed by atoms with Crippen LogP contribution in [0.5, 0.6) is 0 Å². The highest BCUT2D eigenvalue weighted by Gasteiger charge is 2.38. The Morgan fingerprint density at radius 3 is 2.50 bits per heavy atom. The molecule has 0 saturated carbocycles. The normalized spacial score (nSPS) is 18.0. The van der Waals surface area contributed by atoms with Gasteiger partial charge in [0.2, 0.25) is 0 Å². The SMILES string of the molecule is CC1(C)CCc2sc(NC(=O)c3ccc(N4CCOCC4)cc3)c(C(=O)O)c21. The Bertz CT molecular complexity index is 911. The van der Waals surface area contributed by atoms with Crippen LogP contribution in [0.15, 0.2) is 24.3 Å². The number of thiophene rings is 1. The maximum absolute atomic E-state index is 12.7. The van der Waals surface area contributed by atoms with Gasteiger partial charge in [-0.15, -0.1) is 11.3 Å². The molecule has 6 nitrogen and oxygen atoms in total. The first kappa shape index (κ1) is 19.0. The second-order valence-electron chi connectivity index (χ2n) is 7.89. The zero-order valence-corrected chi connectivity index (χ0v) is 16.9. The third-order valence-corrected chi connectivity index (χ3v) is 6.75. The summed E-state index contributed by atoms with van der Waals surface area (Å²) in [4.78, 5) is 27.9. The molecule has 1 saturated heterocycles. The van der Waals surface area contributed by atoms with Gasteiger partial charge in [-0.05, 0) is 48.1 Å². The summed E-state index contributed by atoms with van der Waals surface area (Å²) in [5.74, 6) is -1.26. The quantitative estimate of drug-likeness (QED) is 0.817. The standard InChI is InChI=1S/C21H24N2O4S/c1-21(2)8-7-15-17(21)16(20(25)26)19(28-15)22-18(24)13-3-5-14(6-4-13)23-9-11-27-12-10-23/h3-6H,7-12H2,1-2H3,(H,22,24)(H,25,26). The van der Waals surface area contributed by atoms with Crippen molar-refractivity contribution in [3.63, 3.8) is 0 Å². The number of fused-ring (bicyclic) bond motifs is 1. The number of ether oxygens (including phenoxy) is 1. The minimum Gasteiger partial charge on any atom is -0.478 e. The van der Waals surface area contributed by atoms with E-state index in [2.05, 4.69) is 24.1 Å². The predicted octanol–water partition coefficient (Wildman–Crippen LogP) is 3.76. The lowest BCUT2D eigenvalue weighted by molar-refractivity contribution is 0.0696. The summed E-state index contributed by atoms with van der Waals surface area (Å²) in [6.45, 7) is 7.22. The number of rotatable bonds is 4. The van der Waals surface area contributed by atoms with Crippen LogP contribution < -0.4 is 10.2 Å². The van der Waals surface area contributed by atoms with E-state index < -0.39 is 5.97 Å². The molecule has 148 valence electrons. The summed E-state index contributed by atoms with van der Waals surface area (Å²) in [7, 11) is 0. The Hall–Kier alpha value is -2.38. The molecule has 2 N–H and O–H groups in total. The Morgan fingerprint density at radius 1 is 1.18 bits per heavy atom. The molecule has 28 heavy (non-hydrogen) atoms. The number of benzene rings is 1. The molecule has 1 aliphatic carbocycles. The molecular weight excluding hydrogens is 376 g/mol. The highest BCUT2D eigenvalue weighted by molar-refractivity contribution is 7.17. The van der Waals surface area contributed by atoms with Crippen LogP contribution in [0, 0.1) is 0 Å². The number of anilines is 2. The van der Waals surface area contributed by atoms with Crippen molar-refractivity contribution in [1.82, 2.24) is 0 Å². The van der Waals surface area contributed by atoms with E-state index in [0.717, 1.165) is 42.1 Å². The van der Waals surface area contributed by atoms with Crippen molar-refractivity contribution < 1.29 is 19.4 Å². The molecule has 2 aromatic rings. The molecule has 0 bridgehead atoms. The second kappa shape index (κ2) is 7.22. The van der Waals surface area contributed by atoms with Crippen LogP contribution in [0.1, 0.15) is 51.4 Å². The number of hydrogen-bond donors (Lipinski definition) is 2. The monoisotopic (exact) mass is 400 g/mol. The van der Waals surface area contributed by atoms with Crippen molar-refractivity contribution in [3.05, 3.63) is 45.8 Å². The first-order valence-corrected chi connectivity index (χ1v) is 10.3. The topological polar surface area (TPSA) is 78.9 Å². The highest BCUT2D eigenvalue weighted by atomic mass is 32.1. The van der Waals surface area contributed by atoms with Crippen LogP contribution in [0.4, 0.5) is 10.7 Å². The van der Waals surface area contributed by atoms with Crippen LogP contribution in [0.25, 0.3) is 0 Å². The van der Waals surface area contributed by atoms with E-state index in [1.807, 2.05) is 12.1 Å². The Labute approximate surface area is 168 Å². The number of nitrogens with one attached hydrogen (secondary N) is 1. The minimum atomic E-state index is -0.981. The third kappa shape index (κ3) is 3.40. The molecule has 4 rings (SSSR count). The zero-order valence-electron chi connectivity index (χ0n) is 16.1. The maximum atomic E-state index is 12.7. The molecule has 1 amide bonds. The van der Waals surface area contributed by atoms with Crippen molar-refractivity contribution in [3.8, 4) is 0 Å². The van der Waals surface area contributed by atoms with Crippen molar-refractivity contribution in [2.75, 3.05) is 36.5 Å². The lowest BCUT2D eigenvalue weighted by atomic mass is 9.85. The van der Waals surface area contributed by atoms with E-state index in [0.29, 0.717) is 23.8 Å². The number of aromatic carboxylic acids is 1. The van der Waals surface area contributed by atoms with Gasteiger partial charge in [0.15, 0.2) is 0 Å². The van der Waals surface area contributed by atoms with E-state index in [-0.39, 0.29) is 16.9 Å². The summed E-state index contributed by atoms with van der Waals surface area (Å²) >= 11 is 1.39. The molecule has 1 fully saturated rings. The van der Waals surface area contributed by atoms with Gasteiger partial charge >= 0.3 is 5.97 Å². The number of hydrogen-bond acceptors (Lipinski definition) is 5. The van der Waals surface area contributed by atoms with Gasteiger partial charge in [-0.25, -0.2) is 4.79 Å². The smallest absolute Gasteiger partial charge is 0.339 e. The van der Waals surface area contributed by atoms with E-state index in [4.69, 9.17) is 4.74 Å². The molecule has 1 aliphatic heterocycles. The predicted molar refractivity (Wildman–Crippen MR) is 110 cm³/mol. The van der Waals surface area contributed by atoms with Crippen LogP contribution in [-0.4, -0.2) is 43.3 Å². The summed E-state index contributed by atoms with van der Waals surface area (Å²) in [5.41, 5.74) is 2.52. The lowest BCUT2D eigenvalue weighted by Gasteiger charge is -2.28. The van der Waals surface area contributed by atoms with Gasteiger partial charge in [0.05, 0.1) is 18.8 Å². The number of carboxylic acid groups (broad SMARTS) is 1. The van der Waals surface area contributed by atoms with Crippen molar-refractivity contribution in [2.45, 2.75) is 32.1 Å². The van der Waals surface area contributed by atoms with Gasteiger partial charge in [-0.3, -0.25) is 4.79 Å². The molecule has 0 spiro atoms. The van der Waals surface area contributed by atoms with E-state index >= 15 is 0 Å². The fraction of sp³-hybridized carbons (Fsp3) is 0.429. The van der Waals surface area contributed by atoms with Gasteiger partial charge in [-0.2, -0.15) is 0 Å². The number of nitrogens with zero attached hydrogens (tertiary/aromatic N) is 1. The fourth-order valence-corrected chi connectivity index (χ4v) is 5.40. The van der Waals surface area contributed by atoms with Gasteiger partial charge in [0.1, 0.15) is 5.00 Å². The zero-order chi connectivity index (χ0) is 19.9. The summed E-state index contributed by atoms with van der Waals surface area (Å²) in [6, 6.07) is 7.42.